The highest BCUT2D eigenvalue weighted by Crippen LogP contribution is 2.42. The summed E-state index contributed by atoms with van der Waals surface area (Å²) in [5.41, 5.74) is 2.21. The van der Waals surface area contributed by atoms with E-state index in [9.17, 15) is 4.79 Å². The predicted octanol–water partition coefficient (Wildman–Crippen LogP) is 4.80. The minimum absolute atomic E-state index is 0.281. The lowest BCUT2D eigenvalue weighted by molar-refractivity contribution is -0.108. The smallest absolute Gasteiger partial charge is 0.146 e. The number of hydrogen-bond donors (Lipinski definition) is 1. The van der Waals surface area contributed by atoms with Gasteiger partial charge in [0.05, 0.1) is 4.47 Å². The number of halogens is 1. The number of benzene rings is 2. The Morgan fingerprint density at radius 2 is 2.05 bits per heavy atom. The second kappa shape index (κ2) is 6.53. The van der Waals surface area contributed by atoms with Crippen LogP contribution in [0.2, 0.25) is 0 Å². The van der Waals surface area contributed by atoms with E-state index in [-0.39, 0.29) is 12.0 Å². The van der Waals surface area contributed by atoms with Crippen LogP contribution in [0.25, 0.3) is 0 Å². The van der Waals surface area contributed by atoms with Gasteiger partial charge in [-0.25, -0.2) is 0 Å². The van der Waals surface area contributed by atoms with Gasteiger partial charge in [0.15, 0.2) is 0 Å². The molecule has 2 aromatic carbocycles. The van der Waals surface area contributed by atoms with Gasteiger partial charge in [0, 0.05) is 23.7 Å². The van der Waals surface area contributed by atoms with Gasteiger partial charge in [-0.3, -0.25) is 0 Å². The third-order valence-electron chi connectivity index (χ3n) is 4.13. The Hall–Kier alpha value is -1.81. The second-order valence-corrected chi connectivity index (χ2v) is 6.47. The fraction of sp³-hybridized carbons (Fsp3) is 0.278. The number of anilines is 1. The Labute approximate surface area is 138 Å². The number of fused-ring (bicyclic) bond motifs is 1. The van der Waals surface area contributed by atoms with Crippen molar-refractivity contribution >= 4 is 27.9 Å². The molecule has 22 heavy (non-hydrogen) atoms. The molecule has 0 fully saturated rings. The molecule has 0 spiro atoms. The molecule has 0 saturated heterocycles. The van der Waals surface area contributed by atoms with E-state index < -0.39 is 0 Å². The molecule has 2 aromatic rings. The maximum Gasteiger partial charge on any atom is 0.146 e. The van der Waals surface area contributed by atoms with Crippen molar-refractivity contribution in [2.75, 3.05) is 5.32 Å². The van der Waals surface area contributed by atoms with Crippen LogP contribution in [0.1, 0.15) is 18.9 Å². The lowest BCUT2D eigenvalue weighted by atomic mass is 9.86. The van der Waals surface area contributed by atoms with E-state index in [1.165, 1.54) is 0 Å². The molecule has 0 bridgehead atoms. The monoisotopic (exact) mass is 359 g/mol. The molecule has 1 aliphatic heterocycles. The normalized spacial score (nSPS) is 19.9. The van der Waals surface area contributed by atoms with Crippen LogP contribution in [0.3, 0.4) is 0 Å². The summed E-state index contributed by atoms with van der Waals surface area (Å²) in [6.45, 7) is 2.12. The minimum Gasteiger partial charge on any atom is -0.456 e. The van der Waals surface area contributed by atoms with Crippen molar-refractivity contribution in [3.63, 3.8) is 0 Å². The quantitative estimate of drug-likeness (QED) is 0.796. The molecule has 0 aliphatic carbocycles. The summed E-state index contributed by atoms with van der Waals surface area (Å²) < 4.78 is 7.02. The SMILES string of the molecule is CC1Nc2ccc(Br)c(Oc3ccccc3)c2CC1CC=O. The zero-order valence-electron chi connectivity index (χ0n) is 12.4. The van der Waals surface area contributed by atoms with Gasteiger partial charge < -0.3 is 14.8 Å². The molecule has 3 rings (SSSR count). The number of nitrogens with one attached hydrogen (secondary N) is 1. The number of rotatable bonds is 4. The largest absolute Gasteiger partial charge is 0.456 e. The molecular weight excluding hydrogens is 342 g/mol. The van der Waals surface area contributed by atoms with Crippen LogP contribution in [0.4, 0.5) is 5.69 Å². The first-order chi connectivity index (χ1) is 10.7. The van der Waals surface area contributed by atoms with Crippen molar-refractivity contribution in [1.82, 2.24) is 0 Å². The maximum absolute atomic E-state index is 10.9. The molecule has 0 saturated carbocycles. The van der Waals surface area contributed by atoms with Crippen molar-refractivity contribution in [3.05, 3.63) is 52.5 Å². The van der Waals surface area contributed by atoms with Gasteiger partial charge in [-0.2, -0.15) is 0 Å². The van der Waals surface area contributed by atoms with E-state index in [1.807, 2.05) is 36.4 Å². The van der Waals surface area contributed by atoms with E-state index in [0.717, 1.165) is 39.9 Å². The molecular formula is C18H18BrNO2. The molecule has 2 unspecified atom stereocenters. The molecule has 0 radical (unpaired) electrons. The Morgan fingerprint density at radius 1 is 1.27 bits per heavy atom. The minimum atomic E-state index is 0.281. The highest BCUT2D eigenvalue weighted by Gasteiger charge is 2.28. The number of carbonyl (C=O) groups is 1. The molecule has 1 N–H and O–H groups in total. The molecule has 2 atom stereocenters. The van der Waals surface area contributed by atoms with Gasteiger partial charge in [0.25, 0.3) is 0 Å². The van der Waals surface area contributed by atoms with Crippen molar-refractivity contribution in [3.8, 4) is 11.5 Å². The van der Waals surface area contributed by atoms with Gasteiger partial charge in [-0.05, 0) is 59.5 Å². The molecule has 1 heterocycles. The summed E-state index contributed by atoms with van der Waals surface area (Å²) in [4.78, 5) is 10.9. The van der Waals surface area contributed by atoms with Crippen LogP contribution in [-0.2, 0) is 11.2 Å². The topological polar surface area (TPSA) is 38.3 Å². The van der Waals surface area contributed by atoms with Gasteiger partial charge in [0.2, 0.25) is 0 Å². The van der Waals surface area contributed by atoms with Crippen molar-refractivity contribution in [2.45, 2.75) is 25.8 Å². The third kappa shape index (κ3) is 3.02. The average Bonchev–Trinajstić information content (AvgIpc) is 2.53. The molecule has 0 aromatic heterocycles. The van der Waals surface area contributed by atoms with Crippen LogP contribution in [0.15, 0.2) is 46.9 Å². The highest BCUT2D eigenvalue weighted by atomic mass is 79.9. The fourth-order valence-corrected chi connectivity index (χ4v) is 3.32. The Balaban J connectivity index is 1.97. The molecule has 1 aliphatic rings. The molecule has 114 valence electrons. The number of carbonyl (C=O) groups excluding carboxylic acids is 1. The first-order valence-electron chi connectivity index (χ1n) is 7.43. The van der Waals surface area contributed by atoms with E-state index >= 15 is 0 Å². The number of hydrogen-bond acceptors (Lipinski definition) is 3. The van der Waals surface area contributed by atoms with Crippen molar-refractivity contribution in [2.24, 2.45) is 5.92 Å². The van der Waals surface area contributed by atoms with E-state index in [1.54, 1.807) is 0 Å². The second-order valence-electron chi connectivity index (χ2n) is 5.62. The lowest BCUT2D eigenvalue weighted by Crippen LogP contribution is -2.33. The number of ether oxygens (including phenoxy) is 1. The molecule has 4 heteroatoms. The fourth-order valence-electron chi connectivity index (χ4n) is 2.87. The lowest BCUT2D eigenvalue weighted by Gasteiger charge is -2.32. The van der Waals surface area contributed by atoms with Gasteiger partial charge in [-0.1, -0.05) is 18.2 Å². The van der Waals surface area contributed by atoms with Crippen LogP contribution >= 0.6 is 15.9 Å². The summed E-state index contributed by atoms with van der Waals surface area (Å²) >= 11 is 3.58. The summed E-state index contributed by atoms with van der Waals surface area (Å²) in [6.07, 6.45) is 2.40. The summed E-state index contributed by atoms with van der Waals surface area (Å²) in [5, 5.41) is 3.49. The van der Waals surface area contributed by atoms with Gasteiger partial charge in [-0.15, -0.1) is 0 Å². The zero-order valence-corrected chi connectivity index (χ0v) is 14.0. The summed E-state index contributed by atoms with van der Waals surface area (Å²) in [7, 11) is 0. The number of aldehydes is 1. The number of para-hydroxylation sites is 1. The third-order valence-corrected chi connectivity index (χ3v) is 4.76. The van der Waals surface area contributed by atoms with Crippen molar-refractivity contribution in [1.29, 1.82) is 0 Å². The Kier molecular flexibility index (Phi) is 4.48. The van der Waals surface area contributed by atoms with Gasteiger partial charge >= 0.3 is 0 Å². The van der Waals surface area contributed by atoms with Crippen LogP contribution in [0, 0.1) is 5.92 Å². The van der Waals surface area contributed by atoms with Crippen LogP contribution in [-0.4, -0.2) is 12.3 Å². The van der Waals surface area contributed by atoms with Crippen LogP contribution in [0.5, 0.6) is 11.5 Å². The summed E-state index contributed by atoms with van der Waals surface area (Å²) in [6, 6.07) is 14.1. The van der Waals surface area contributed by atoms with Crippen molar-refractivity contribution < 1.29 is 9.53 Å². The van der Waals surface area contributed by atoms with Crippen LogP contribution < -0.4 is 10.1 Å². The Morgan fingerprint density at radius 3 is 2.77 bits per heavy atom. The first kappa shape index (κ1) is 15.1. The predicted molar refractivity (Wildman–Crippen MR) is 91.6 cm³/mol. The van der Waals surface area contributed by atoms with E-state index in [2.05, 4.69) is 34.2 Å². The average molecular weight is 360 g/mol. The zero-order chi connectivity index (χ0) is 15.5. The van der Waals surface area contributed by atoms with Gasteiger partial charge in [0.1, 0.15) is 17.8 Å². The Bertz CT molecular complexity index is 672. The van der Waals surface area contributed by atoms with E-state index in [4.69, 9.17) is 4.74 Å². The maximum atomic E-state index is 10.9. The first-order valence-corrected chi connectivity index (χ1v) is 8.22. The summed E-state index contributed by atoms with van der Waals surface area (Å²) in [5.74, 6) is 1.93. The molecule has 3 nitrogen and oxygen atoms in total. The molecule has 0 amide bonds. The van der Waals surface area contributed by atoms with E-state index in [0.29, 0.717) is 6.42 Å². The standard InChI is InChI=1S/C18H18BrNO2/c1-12-13(9-10-21)11-15-17(20-12)8-7-16(19)18(15)22-14-5-3-2-4-6-14/h2-8,10,12-13,20H,9,11H2,1H3. The highest BCUT2D eigenvalue weighted by molar-refractivity contribution is 9.10.